The summed E-state index contributed by atoms with van der Waals surface area (Å²) in [5.41, 5.74) is 4.12. The third-order valence-electron chi connectivity index (χ3n) is 7.84. The van der Waals surface area contributed by atoms with E-state index in [0.29, 0.717) is 52.7 Å². The van der Waals surface area contributed by atoms with E-state index in [1.54, 1.807) is 46.6 Å². The van der Waals surface area contributed by atoms with Crippen molar-refractivity contribution in [2.45, 2.75) is 38.8 Å². The second kappa shape index (κ2) is 13.1. The summed E-state index contributed by atoms with van der Waals surface area (Å²) in [5, 5.41) is 9.77. The first-order chi connectivity index (χ1) is 21.7. The number of amides is 2. The van der Waals surface area contributed by atoms with Crippen molar-refractivity contribution >= 4 is 34.1 Å². The highest BCUT2D eigenvalue weighted by molar-refractivity contribution is 5.97. The zero-order valence-corrected chi connectivity index (χ0v) is 26.1. The molecule has 3 N–H and O–H groups in total. The third kappa shape index (κ3) is 6.33. The monoisotopic (exact) mass is 612 g/mol. The highest BCUT2D eigenvalue weighted by Gasteiger charge is 2.29. The molecule has 234 valence electrons. The van der Waals surface area contributed by atoms with Gasteiger partial charge in [0, 0.05) is 23.9 Å². The number of hydrogen-bond donors (Lipinski definition) is 3. The van der Waals surface area contributed by atoms with Crippen molar-refractivity contribution in [1.82, 2.24) is 10.3 Å². The van der Waals surface area contributed by atoms with Gasteiger partial charge in [-0.25, -0.2) is 0 Å². The van der Waals surface area contributed by atoms with E-state index in [1.807, 2.05) is 30.3 Å². The summed E-state index contributed by atoms with van der Waals surface area (Å²) in [4.78, 5) is 43.5. The van der Waals surface area contributed by atoms with Crippen LogP contribution in [-0.2, 0) is 16.0 Å². The van der Waals surface area contributed by atoms with E-state index >= 15 is 0 Å². The Bertz CT molecular complexity index is 1840. The van der Waals surface area contributed by atoms with Crippen molar-refractivity contribution in [3.8, 4) is 34.1 Å². The fourth-order valence-electron chi connectivity index (χ4n) is 5.67. The first-order valence-electron chi connectivity index (χ1n) is 14.5. The van der Waals surface area contributed by atoms with E-state index in [4.69, 9.17) is 18.9 Å². The number of ether oxygens (including phenoxy) is 4. The summed E-state index contributed by atoms with van der Waals surface area (Å²) in [6.07, 6.45) is 2.69. The van der Waals surface area contributed by atoms with Crippen LogP contribution in [0.1, 0.15) is 37.4 Å². The van der Waals surface area contributed by atoms with Crippen LogP contribution in [0.15, 0.2) is 59.5 Å². The number of aryl methyl sites for hydroxylation is 1. The van der Waals surface area contributed by atoms with Crippen LogP contribution in [0.2, 0.25) is 0 Å². The average Bonchev–Trinajstić information content (AvgIpc) is 3.27. The normalized spacial score (nSPS) is 14.2. The molecule has 1 heterocycles. The zero-order valence-electron chi connectivity index (χ0n) is 26.1. The molecule has 5 rings (SSSR count). The topological polar surface area (TPSA) is 137 Å². The molecule has 0 spiro atoms. The van der Waals surface area contributed by atoms with Crippen molar-refractivity contribution in [2.75, 3.05) is 39.1 Å². The van der Waals surface area contributed by atoms with Crippen LogP contribution in [0.4, 0.5) is 11.4 Å². The Balaban J connectivity index is 1.50. The molecule has 0 radical (unpaired) electrons. The minimum Gasteiger partial charge on any atom is -0.497 e. The van der Waals surface area contributed by atoms with Gasteiger partial charge in [-0.05, 0) is 72.9 Å². The Morgan fingerprint density at radius 3 is 2.40 bits per heavy atom. The molecule has 0 saturated heterocycles. The van der Waals surface area contributed by atoms with E-state index in [-0.39, 0.29) is 22.9 Å². The van der Waals surface area contributed by atoms with Crippen LogP contribution in [-0.4, -0.2) is 51.3 Å². The number of pyridine rings is 1. The second-order valence-corrected chi connectivity index (χ2v) is 10.7. The number of aromatic nitrogens is 1. The van der Waals surface area contributed by atoms with E-state index in [9.17, 15) is 14.4 Å². The summed E-state index contributed by atoms with van der Waals surface area (Å²) < 4.78 is 22.3. The molecular weight excluding hydrogens is 576 g/mol. The lowest BCUT2D eigenvalue weighted by atomic mass is 9.95. The molecule has 3 aromatic carbocycles. The predicted octanol–water partition coefficient (Wildman–Crippen LogP) is 4.86. The highest BCUT2D eigenvalue weighted by Crippen LogP contribution is 2.50. The number of anilines is 2. The van der Waals surface area contributed by atoms with Crippen LogP contribution in [0.5, 0.6) is 23.0 Å². The lowest BCUT2D eigenvalue weighted by molar-refractivity contribution is -0.119. The Labute approximate surface area is 260 Å². The minimum atomic E-state index is -0.774. The lowest BCUT2D eigenvalue weighted by Gasteiger charge is -2.19. The van der Waals surface area contributed by atoms with Crippen molar-refractivity contribution < 1.29 is 28.5 Å². The van der Waals surface area contributed by atoms with Crippen molar-refractivity contribution in [3.05, 3.63) is 76.1 Å². The molecule has 45 heavy (non-hydrogen) atoms. The maximum absolute atomic E-state index is 13.6. The van der Waals surface area contributed by atoms with Gasteiger partial charge in [0.1, 0.15) is 11.8 Å². The van der Waals surface area contributed by atoms with Gasteiger partial charge in [-0.2, -0.15) is 0 Å². The van der Waals surface area contributed by atoms with E-state index in [1.165, 1.54) is 20.1 Å². The molecule has 1 aliphatic carbocycles. The Hall–Kier alpha value is -5.32. The average molecular weight is 613 g/mol. The predicted molar refractivity (Wildman–Crippen MR) is 173 cm³/mol. The van der Waals surface area contributed by atoms with Crippen LogP contribution >= 0.6 is 0 Å². The zero-order chi connectivity index (χ0) is 32.2. The Morgan fingerprint density at radius 1 is 0.933 bits per heavy atom. The first-order valence-corrected chi connectivity index (χ1v) is 14.5. The second-order valence-electron chi connectivity index (χ2n) is 10.7. The molecule has 11 nitrogen and oxygen atoms in total. The molecule has 11 heteroatoms. The van der Waals surface area contributed by atoms with Crippen LogP contribution in [0.25, 0.3) is 22.0 Å². The summed E-state index contributed by atoms with van der Waals surface area (Å²) in [6.45, 7) is 3.11. The molecule has 2 amide bonds. The van der Waals surface area contributed by atoms with Gasteiger partial charge in [-0.3, -0.25) is 19.4 Å². The molecule has 0 saturated carbocycles. The molecule has 1 aromatic heterocycles. The van der Waals surface area contributed by atoms with Crippen LogP contribution < -0.4 is 40.3 Å². The highest BCUT2D eigenvalue weighted by atomic mass is 16.5. The number of fused-ring (bicyclic) bond motifs is 4. The van der Waals surface area contributed by atoms with E-state index in [2.05, 4.69) is 20.9 Å². The van der Waals surface area contributed by atoms with E-state index < -0.39 is 12.1 Å². The molecule has 4 aromatic rings. The van der Waals surface area contributed by atoms with Crippen LogP contribution in [0.3, 0.4) is 0 Å². The van der Waals surface area contributed by atoms with Gasteiger partial charge in [0.25, 0.3) is 0 Å². The number of hydrogen-bond acceptors (Lipinski definition) is 9. The number of benzene rings is 2. The van der Waals surface area contributed by atoms with Gasteiger partial charge in [-0.1, -0.05) is 6.07 Å². The SMILES string of the molecule is COc1ccc2cc(NC(=O)[C@@H](C)Nc3ccc4c(cc3=O)[C@H](NC(C)=O)CCc3cc(OC)c(OC)c(OC)c3-4)cnc2c1. The van der Waals surface area contributed by atoms with Crippen molar-refractivity contribution in [1.29, 1.82) is 0 Å². The van der Waals surface area contributed by atoms with Gasteiger partial charge in [-0.15, -0.1) is 0 Å². The number of rotatable bonds is 9. The van der Waals surface area contributed by atoms with Gasteiger partial charge >= 0.3 is 0 Å². The van der Waals surface area contributed by atoms with Gasteiger partial charge in [0.2, 0.25) is 23.0 Å². The first kappa shape index (κ1) is 31.1. The molecule has 0 unspecified atom stereocenters. The smallest absolute Gasteiger partial charge is 0.246 e. The maximum Gasteiger partial charge on any atom is 0.246 e. The largest absolute Gasteiger partial charge is 0.497 e. The number of nitrogens with zero attached hydrogens (tertiary/aromatic N) is 1. The number of methoxy groups -OCH3 is 4. The Morgan fingerprint density at radius 2 is 1.71 bits per heavy atom. The number of carbonyl (C=O) groups is 2. The minimum absolute atomic E-state index is 0.219. The molecule has 0 bridgehead atoms. The molecule has 0 aliphatic heterocycles. The van der Waals surface area contributed by atoms with Crippen molar-refractivity contribution in [3.63, 3.8) is 0 Å². The number of nitrogens with one attached hydrogen (secondary N) is 3. The fourth-order valence-corrected chi connectivity index (χ4v) is 5.67. The summed E-state index contributed by atoms with van der Waals surface area (Å²) in [5.74, 6) is 1.51. The van der Waals surface area contributed by atoms with Gasteiger partial charge < -0.3 is 34.9 Å². The lowest BCUT2D eigenvalue weighted by Crippen LogP contribution is -2.33. The summed E-state index contributed by atoms with van der Waals surface area (Å²) in [6, 6.07) is 13.0. The third-order valence-corrected chi connectivity index (χ3v) is 7.84. The van der Waals surface area contributed by atoms with Gasteiger partial charge in [0.15, 0.2) is 11.5 Å². The molecular formula is C34H36N4O7. The maximum atomic E-state index is 13.6. The Kier molecular flexibility index (Phi) is 9.08. The van der Waals surface area contributed by atoms with Gasteiger partial charge in [0.05, 0.1) is 57.6 Å². The summed E-state index contributed by atoms with van der Waals surface area (Å²) in [7, 11) is 6.23. The quantitative estimate of drug-likeness (QED) is 0.242. The standard InChI is InChI=1S/C34H36N4O7/c1-18(34(41)38-22-13-20-7-9-23(42-3)15-28(20)35-17-22)36-27-12-10-24-25(16-29(27)40)26(37-19(2)39)11-8-21-14-30(43-4)32(44-5)33(45-6)31(21)24/h7,9-10,12-18,26H,8,11H2,1-6H3,(H,36,40)(H,37,39)(H,38,41)/t18-,26-/m1/s1. The van der Waals surface area contributed by atoms with Crippen LogP contribution in [0, 0.1) is 0 Å². The summed E-state index contributed by atoms with van der Waals surface area (Å²) >= 11 is 0. The molecule has 0 fully saturated rings. The fraction of sp³-hybridized carbons (Fsp3) is 0.294. The number of carbonyl (C=O) groups excluding carboxylic acids is 2. The molecule has 2 atom stereocenters. The van der Waals surface area contributed by atoms with Crippen molar-refractivity contribution in [2.24, 2.45) is 0 Å². The molecule has 1 aliphatic rings. The van der Waals surface area contributed by atoms with E-state index in [0.717, 1.165) is 22.0 Å².